The van der Waals surface area contributed by atoms with Gasteiger partial charge in [0.25, 0.3) is 5.91 Å². The average molecular weight is 326 g/mol. The summed E-state index contributed by atoms with van der Waals surface area (Å²) in [4.78, 5) is 16.7. The molecule has 0 saturated carbocycles. The third-order valence-electron chi connectivity index (χ3n) is 3.56. The molecule has 1 heterocycles. The van der Waals surface area contributed by atoms with Gasteiger partial charge in [-0.25, -0.2) is 0 Å². The van der Waals surface area contributed by atoms with Crippen LogP contribution >= 0.6 is 15.9 Å². The number of hydrogen-bond donors (Lipinski definition) is 1. The van der Waals surface area contributed by atoms with E-state index in [1.807, 2.05) is 4.90 Å². The first kappa shape index (κ1) is 14.3. The van der Waals surface area contributed by atoms with E-state index in [2.05, 4.69) is 34.7 Å². The van der Waals surface area contributed by atoms with Gasteiger partial charge in [-0.1, -0.05) is 0 Å². The third kappa shape index (κ3) is 3.28. The Labute approximate surface area is 122 Å². The molecule has 1 aliphatic heterocycles. The number of carbonyl (C=O) groups excluding carboxylic acids is 1. The van der Waals surface area contributed by atoms with Crippen LogP contribution in [-0.2, 0) is 0 Å². The Morgan fingerprint density at radius 1 is 1.26 bits per heavy atom. The molecular weight excluding hydrogens is 306 g/mol. The second-order valence-corrected chi connectivity index (χ2v) is 6.02. The second-order valence-electron chi connectivity index (χ2n) is 5.16. The number of nitrogens with two attached hydrogens (primary N) is 1. The first-order valence-electron chi connectivity index (χ1n) is 6.57. The normalized spacial score (nSPS) is 16.9. The number of carbonyl (C=O) groups is 1. The molecule has 1 amide bonds. The Morgan fingerprint density at radius 2 is 1.89 bits per heavy atom. The molecule has 1 saturated heterocycles. The van der Waals surface area contributed by atoms with Crippen molar-refractivity contribution in [1.82, 2.24) is 9.80 Å². The van der Waals surface area contributed by atoms with Gasteiger partial charge in [0.15, 0.2) is 0 Å². The molecule has 0 atom stereocenters. The Morgan fingerprint density at radius 3 is 2.42 bits per heavy atom. The van der Waals surface area contributed by atoms with E-state index in [0.717, 1.165) is 30.7 Å². The van der Waals surface area contributed by atoms with Crippen LogP contribution in [0.25, 0.3) is 0 Å². The van der Waals surface area contributed by atoms with Crippen molar-refractivity contribution in [3.8, 4) is 0 Å². The summed E-state index contributed by atoms with van der Waals surface area (Å²) in [5, 5.41) is 0. The van der Waals surface area contributed by atoms with Gasteiger partial charge in [-0.2, -0.15) is 0 Å². The lowest BCUT2D eigenvalue weighted by Crippen LogP contribution is -2.50. The van der Waals surface area contributed by atoms with E-state index in [1.54, 1.807) is 18.2 Å². The maximum absolute atomic E-state index is 12.4. The molecule has 0 aliphatic carbocycles. The number of nitrogens with zero attached hydrogens (tertiary/aromatic N) is 2. The lowest BCUT2D eigenvalue weighted by molar-refractivity contribution is 0.0594. The van der Waals surface area contributed by atoms with Gasteiger partial charge >= 0.3 is 0 Å². The molecule has 1 fully saturated rings. The lowest BCUT2D eigenvalue weighted by atomic mass is 10.1. The molecule has 0 unspecified atom stereocenters. The topological polar surface area (TPSA) is 49.6 Å². The van der Waals surface area contributed by atoms with Gasteiger partial charge < -0.3 is 10.6 Å². The molecule has 0 spiro atoms. The molecule has 4 nitrogen and oxygen atoms in total. The molecule has 1 aliphatic rings. The summed E-state index contributed by atoms with van der Waals surface area (Å²) >= 11 is 3.41. The van der Waals surface area contributed by atoms with Crippen LogP contribution in [0.5, 0.6) is 0 Å². The van der Waals surface area contributed by atoms with Crippen molar-refractivity contribution in [2.45, 2.75) is 19.9 Å². The Hall–Kier alpha value is -1.07. The minimum absolute atomic E-state index is 0.0790. The summed E-state index contributed by atoms with van der Waals surface area (Å²) in [5.41, 5.74) is 7.04. The van der Waals surface area contributed by atoms with Gasteiger partial charge in [0, 0.05) is 42.4 Å². The van der Waals surface area contributed by atoms with Gasteiger partial charge in [-0.05, 0) is 48.0 Å². The van der Waals surface area contributed by atoms with Crippen LogP contribution in [0.4, 0.5) is 5.69 Å². The van der Waals surface area contributed by atoms with Crippen LogP contribution in [-0.4, -0.2) is 47.9 Å². The molecular formula is C14H20BrN3O. The molecule has 1 aromatic rings. The quantitative estimate of drug-likeness (QED) is 0.848. The van der Waals surface area contributed by atoms with Crippen LogP contribution in [0.1, 0.15) is 24.2 Å². The molecule has 5 heteroatoms. The van der Waals surface area contributed by atoms with Crippen molar-refractivity contribution < 1.29 is 4.79 Å². The minimum Gasteiger partial charge on any atom is -0.399 e. The molecule has 2 rings (SSSR count). The van der Waals surface area contributed by atoms with E-state index in [1.165, 1.54) is 0 Å². The van der Waals surface area contributed by atoms with Gasteiger partial charge in [0.05, 0.1) is 5.56 Å². The zero-order chi connectivity index (χ0) is 14.0. The summed E-state index contributed by atoms with van der Waals surface area (Å²) < 4.78 is 0.767. The van der Waals surface area contributed by atoms with Crippen molar-refractivity contribution >= 4 is 27.5 Å². The fourth-order valence-electron chi connectivity index (χ4n) is 2.32. The van der Waals surface area contributed by atoms with Crippen molar-refractivity contribution in [2.24, 2.45) is 0 Å². The van der Waals surface area contributed by atoms with Gasteiger partial charge in [0.2, 0.25) is 0 Å². The Balaban J connectivity index is 2.05. The van der Waals surface area contributed by atoms with Crippen LogP contribution in [0.15, 0.2) is 22.7 Å². The summed E-state index contributed by atoms with van der Waals surface area (Å²) in [6.07, 6.45) is 0. The molecule has 104 valence electrons. The fraction of sp³-hybridized carbons (Fsp3) is 0.500. The van der Waals surface area contributed by atoms with Gasteiger partial charge in [-0.15, -0.1) is 0 Å². The first-order valence-corrected chi connectivity index (χ1v) is 7.36. The zero-order valence-electron chi connectivity index (χ0n) is 11.4. The maximum Gasteiger partial charge on any atom is 0.255 e. The lowest BCUT2D eigenvalue weighted by Gasteiger charge is -2.37. The van der Waals surface area contributed by atoms with Gasteiger partial charge in [-0.3, -0.25) is 9.69 Å². The maximum atomic E-state index is 12.4. The standard InChI is InChI=1S/C14H20BrN3O/c1-10(2)17-5-7-18(8-6-17)14(19)12-4-3-11(16)9-13(12)15/h3-4,9-10H,5-8,16H2,1-2H3. The van der Waals surface area contributed by atoms with E-state index < -0.39 is 0 Å². The van der Waals surface area contributed by atoms with E-state index in [-0.39, 0.29) is 5.91 Å². The summed E-state index contributed by atoms with van der Waals surface area (Å²) in [6, 6.07) is 5.87. The smallest absolute Gasteiger partial charge is 0.255 e. The molecule has 1 aromatic carbocycles. The Kier molecular flexibility index (Phi) is 4.47. The number of piperazine rings is 1. The van der Waals surface area contributed by atoms with E-state index in [9.17, 15) is 4.79 Å². The monoisotopic (exact) mass is 325 g/mol. The van der Waals surface area contributed by atoms with Crippen LogP contribution < -0.4 is 5.73 Å². The average Bonchev–Trinajstić information content (AvgIpc) is 2.38. The second kappa shape index (κ2) is 5.92. The van der Waals surface area contributed by atoms with Crippen molar-refractivity contribution in [3.05, 3.63) is 28.2 Å². The third-order valence-corrected chi connectivity index (χ3v) is 4.21. The van der Waals surface area contributed by atoms with Crippen molar-refractivity contribution in [2.75, 3.05) is 31.9 Å². The SMILES string of the molecule is CC(C)N1CCN(C(=O)c2ccc(N)cc2Br)CC1. The number of amides is 1. The summed E-state index contributed by atoms with van der Waals surface area (Å²) in [6.45, 7) is 7.83. The molecule has 2 N–H and O–H groups in total. The fourth-order valence-corrected chi connectivity index (χ4v) is 2.88. The van der Waals surface area contributed by atoms with E-state index in [4.69, 9.17) is 5.73 Å². The zero-order valence-corrected chi connectivity index (χ0v) is 13.0. The minimum atomic E-state index is 0.0790. The predicted molar refractivity (Wildman–Crippen MR) is 81.2 cm³/mol. The predicted octanol–water partition coefficient (Wildman–Crippen LogP) is 2.20. The van der Waals surface area contributed by atoms with E-state index >= 15 is 0 Å². The van der Waals surface area contributed by atoms with E-state index in [0.29, 0.717) is 17.3 Å². The highest BCUT2D eigenvalue weighted by Gasteiger charge is 2.24. The number of anilines is 1. The van der Waals surface area contributed by atoms with Crippen molar-refractivity contribution in [1.29, 1.82) is 0 Å². The molecule has 19 heavy (non-hydrogen) atoms. The molecule has 0 aromatic heterocycles. The van der Waals surface area contributed by atoms with Crippen LogP contribution in [0.2, 0.25) is 0 Å². The Bertz CT molecular complexity index is 468. The number of nitrogen functional groups attached to an aromatic ring is 1. The highest BCUT2D eigenvalue weighted by molar-refractivity contribution is 9.10. The first-order chi connectivity index (χ1) is 8.99. The highest BCUT2D eigenvalue weighted by atomic mass is 79.9. The highest BCUT2D eigenvalue weighted by Crippen LogP contribution is 2.22. The molecule has 0 bridgehead atoms. The number of benzene rings is 1. The van der Waals surface area contributed by atoms with Crippen molar-refractivity contribution in [3.63, 3.8) is 0 Å². The summed E-state index contributed by atoms with van der Waals surface area (Å²) in [7, 11) is 0. The van der Waals surface area contributed by atoms with Crippen LogP contribution in [0, 0.1) is 0 Å². The van der Waals surface area contributed by atoms with Crippen LogP contribution in [0.3, 0.4) is 0 Å². The number of rotatable bonds is 2. The number of halogens is 1. The number of hydrogen-bond acceptors (Lipinski definition) is 3. The van der Waals surface area contributed by atoms with Gasteiger partial charge in [0.1, 0.15) is 0 Å². The largest absolute Gasteiger partial charge is 0.399 e. The summed E-state index contributed by atoms with van der Waals surface area (Å²) in [5.74, 6) is 0.0790. The molecule has 0 radical (unpaired) electrons.